The summed E-state index contributed by atoms with van der Waals surface area (Å²) in [6.07, 6.45) is 3.29. The number of fused-ring (bicyclic) bond motifs is 1. The minimum absolute atomic E-state index is 0.0939. The number of para-hydroxylation sites is 1. The van der Waals surface area contributed by atoms with Gasteiger partial charge in [0.25, 0.3) is 11.8 Å². The minimum atomic E-state index is -0.239. The molecule has 0 saturated heterocycles. The summed E-state index contributed by atoms with van der Waals surface area (Å²) >= 11 is 0. The first kappa shape index (κ1) is 17.1. The Balaban J connectivity index is 1.73. The van der Waals surface area contributed by atoms with Crippen LogP contribution in [-0.4, -0.2) is 29.9 Å². The summed E-state index contributed by atoms with van der Waals surface area (Å²) in [5.41, 5.74) is 2.90. The minimum Gasteiger partial charge on any atom is -0.351 e. The number of hydrogen-bond donors (Lipinski definition) is 1. The Labute approximate surface area is 148 Å². The molecule has 1 aromatic heterocycles. The largest absolute Gasteiger partial charge is 0.351 e. The molecule has 5 nitrogen and oxygen atoms in total. The van der Waals surface area contributed by atoms with E-state index in [1.807, 2.05) is 24.3 Å². The van der Waals surface area contributed by atoms with Gasteiger partial charge in [0.1, 0.15) is 5.69 Å². The van der Waals surface area contributed by atoms with E-state index >= 15 is 0 Å². The monoisotopic (exact) mass is 337 g/mol. The van der Waals surface area contributed by atoms with Crippen molar-refractivity contribution in [1.82, 2.24) is 10.3 Å². The van der Waals surface area contributed by atoms with Gasteiger partial charge in [-0.2, -0.15) is 0 Å². The number of benzene rings is 1. The molecule has 1 aliphatic heterocycles. The molecular formula is C20H23N3O2. The highest BCUT2D eigenvalue weighted by Crippen LogP contribution is 2.28. The molecule has 0 radical (unpaired) electrons. The van der Waals surface area contributed by atoms with Crippen LogP contribution in [0.1, 0.15) is 46.7 Å². The number of amides is 2. The van der Waals surface area contributed by atoms with Crippen molar-refractivity contribution in [3.63, 3.8) is 0 Å². The summed E-state index contributed by atoms with van der Waals surface area (Å²) in [4.78, 5) is 31.0. The molecule has 0 atom stereocenters. The zero-order valence-corrected chi connectivity index (χ0v) is 14.7. The molecule has 25 heavy (non-hydrogen) atoms. The normalized spacial score (nSPS) is 13.0. The summed E-state index contributed by atoms with van der Waals surface area (Å²) in [5.74, 6) is 0.192. The third-order valence-corrected chi connectivity index (χ3v) is 4.38. The molecule has 130 valence electrons. The molecule has 2 amide bonds. The third kappa shape index (κ3) is 3.87. The highest BCUT2D eigenvalue weighted by molar-refractivity contribution is 6.08. The van der Waals surface area contributed by atoms with Gasteiger partial charge in [-0.1, -0.05) is 32.0 Å². The van der Waals surface area contributed by atoms with Gasteiger partial charge in [-0.3, -0.25) is 14.6 Å². The second-order valence-corrected chi connectivity index (χ2v) is 6.70. The van der Waals surface area contributed by atoms with Crippen molar-refractivity contribution < 1.29 is 9.59 Å². The molecule has 2 heterocycles. The summed E-state index contributed by atoms with van der Waals surface area (Å²) in [7, 11) is 0. The average Bonchev–Trinajstić information content (AvgIpc) is 3.05. The van der Waals surface area contributed by atoms with Gasteiger partial charge >= 0.3 is 0 Å². The van der Waals surface area contributed by atoms with Crippen LogP contribution in [0.25, 0.3) is 0 Å². The van der Waals surface area contributed by atoms with Crippen LogP contribution < -0.4 is 10.2 Å². The standard InChI is InChI=1S/C20H23N3O2/c1-14(2)7-10-22-19(24)17-13-16(8-11-21-17)20(25)23-12-9-15-5-3-4-6-18(15)23/h3-6,8,11,13-14H,7,9-10,12H2,1-2H3,(H,22,24). The van der Waals surface area contributed by atoms with E-state index < -0.39 is 0 Å². The molecule has 0 saturated carbocycles. The first-order valence-corrected chi connectivity index (χ1v) is 8.70. The number of hydrogen-bond acceptors (Lipinski definition) is 3. The second-order valence-electron chi connectivity index (χ2n) is 6.70. The van der Waals surface area contributed by atoms with Crippen LogP contribution in [0.3, 0.4) is 0 Å². The smallest absolute Gasteiger partial charge is 0.269 e. The number of carbonyl (C=O) groups is 2. The van der Waals surface area contributed by atoms with E-state index in [-0.39, 0.29) is 17.5 Å². The van der Waals surface area contributed by atoms with E-state index in [1.54, 1.807) is 17.0 Å². The van der Waals surface area contributed by atoms with Gasteiger partial charge in [-0.05, 0) is 42.5 Å². The number of nitrogens with one attached hydrogen (secondary N) is 1. The van der Waals surface area contributed by atoms with Crippen LogP contribution in [0, 0.1) is 5.92 Å². The fraction of sp³-hybridized carbons (Fsp3) is 0.350. The van der Waals surface area contributed by atoms with Crippen LogP contribution in [0.4, 0.5) is 5.69 Å². The van der Waals surface area contributed by atoms with Crippen molar-refractivity contribution in [3.8, 4) is 0 Å². The maximum atomic E-state index is 12.9. The van der Waals surface area contributed by atoms with E-state index in [0.29, 0.717) is 24.6 Å². The Morgan fingerprint density at radius 2 is 2.04 bits per heavy atom. The summed E-state index contributed by atoms with van der Waals surface area (Å²) in [5, 5.41) is 2.86. The molecule has 1 N–H and O–H groups in total. The average molecular weight is 337 g/mol. The van der Waals surface area contributed by atoms with Gasteiger partial charge in [0.2, 0.25) is 0 Å². The fourth-order valence-electron chi connectivity index (χ4n) is 2.96. The molecule has 3 rings (SSSR count). The lowest BCUT2D eigenvalue weighted by molar-refractivity contribution is 0.0947. The topological polar surface area (TPSA) is 62.3 Å². The van der Waals surface area contributed by atoms with Crippen molar-refractivity contribution >= 4 is 17.5 Å². The lowest BCUT2D eigenvalue weighted by atomic mass is 10.1. The lowest BCUT2D eigenvalue weighted by Crippen LogP contribution is -2.30. The molecule has 0 unspecified atom stereocenters. The zero-order valence-electron chi connectivity index (χ0n) is 14.7. The maximum Gasteiger partial charge on any atom is 0.269 e. The van der Waals surface area contributed by atoms with Crippen molar-refractivity contribution in [1.29, 1.82) is 0 Å². The molecule has 1 aromatic carbocycles. The molecule has 0 bridgehead atoms. The number of aromatic nitrogens is 1. The SMILES string of the molecule is CC(C)CCNC(=O)c1cc(C(=O)N2CCc3ccccc32)ccn1. The molecule has 0 fully saturated rings. The zero-order chi connectivity index (χ0) is 17.8. The van der Waals surface area contributed by atoms with Gasteiger partial charge in [0.05, 0.1) is 0 Å². The predicted octanol–water partition coefficient (Wildman–Crippen LogP) is 3.06. The fourth-order valence-corrected chi connectivity index (χ4v) is 2.96. The van der Waals surface area contributed by atoms with E-state index in [2.05, 4.69) is 24.1 Å². The van der Waals surface area contributed by atoms with Crippen molar-refractivity contribution in [3.05, 3.63) is 59.4 Å². The van der Waals surface area contributed by atoms with Crippen LogP contribution in [0.2, 0.25) is 0 Å². The number of rotatable bonds is 5. The first-order chi connectivity index (χ1) is 12.1. The van der Waals surface area contributed by atoms with Crippen LogP contribution >= 0.6 is 0 Å². The van der Waals surface area contributed by atoms with Gasteiger partial charge < -0.3 is 10.2 Å². The number of anilines is 1. The number of nitrogens with zero attached hydrogens (tertiary/aromatic N) is 2. The lowest BCUT2D eigenvalue weighted by Gasteiger charge is -2.17. The van der Waals surface area contributed by atoms with Gasteiger partial charge in [-0.25, -0.2) is 0 Å². The Kier molecular flexibility index (Phi) is 5.12. The van der Waals surface area contributed by atoms with Gasteiger partial charge in [0.15, 0.2) is 0 Å². The maximum absolute atomic E-state index is 12.9. The van der Waals surface area contributed by atoms with Gasteiger partial charge in [-0.15, -0.1) is 0 Å². The highest BCUT2D eigenvalue weighted by Gasteiger charge is 2.25. The quantitative estimate of drug-likeness (QED) is 0.912. The van der Waals surface area contributed by atoms with Crippen molar-refractivity contribution in [2.45, 2.75) is 26.7 Å². The number of pyridine rings is 1. The van der Waals surface area contributed by atoms with E-state index in [9.17, 15) is 9.59 Å². The van der Waals surface area contributed by atoms with Crippen LogP contribution in [0.5, 0.6) is 0 Å². The van der Waals surface area contributed by atoms with Crippen molar-refractivity contribution in [2.75, 3.05) is 18.0 Å². The molecule has 1 aliphatic rings. The molecule has 0 spiro atoms. The Morgan fingerprint density at radius 3 is 2.84 bits per heavy atom. The predicted molar refractivity (Wildman–Crippen MR) is 97.8 cm³/mol. The Hall–Kier alpha value is -2.69. The van der Waals surface area contributed by atoms with Crippen LogP contribution in [0.15, 0.2) is 42.6 Å². The van der Waals surface area contributed by atoms with Crippen LogP contribution in [-0.2, 0) is 6.42 Å². The van der Waals surface area contributed by atoms with Crippen molar-refractivity contribution in [2.24, 2.45) is 5.92 Å². The molecular weight excluding hydrogens is 314 g/mol. The summed E-state index contributed by atoms with van der Waals surface area (Å²) in [6, 6.07) is 11.2. The highest BCUT2D eigenvalue weighted by atomic mass is 16.2. The Morgan fingerprint density at radius 1 is 1.24 bits per heavy atom. The first-order valence-electron chi connectivity index (χ1n) is 8.70. The molecule has 0 aliphatic carbocycles. The van der Waals surface area contributed by atoms with E-state index in [0.717, 1.165) is 18.5 Å². The number of carbonyl (C=O) groups excluding carboxylic acids is 2. The summed E-state index contributed by atoms with van der Waals surface area (Å²) < 4.78 is 0. The Bertz CT molecular complexity index is 786. The summed E-state index contributed by atoms with van der Waals surface area (Å²) in [6.45, 7) is 5.49. The van der Waals surface area contributed by atoms with E-state index in [1.165, 1.54) is 11.8 Å². The molecule has 5 heteroatoms. The second kappa shape index (κ2) is 7.47. The molecule has 2 aromatic rings. The third-order valence-electron chi connectivity index (χ3n) is 4.38. The van der Waals surface area contributed by atoms with E-state index in [4.69, 9.17) is 0 Å². The van der Waals surface area contributed by atoms with Gasteiger partial charge in [0, 0.05) is 30.5 Å².